The first-order valence-electron chi connectivity index (χ1n) is 10.9. The van der Waals surface area contributed by atoms with Gasteiger partial charge < -0.3 is 14.2 Å². The number of hydrogen-bond donors (Lipinski definition) is 0. The van der Waals surface area contributed by atoms with E-state index < -0.39 is 22.6 Å². The van der Waals surface area contributed by atoms with Gasteiger partial charge in [-0.1, -0.05) is 30.3 Å². The molecule has 0 radical (unpaired) electrons. The Morgan fingerprint density at radius 2 is 1.74 bits per heavy atom. The van der Waals surface area contributed by atoms with E-state index in [9.17, 15) is 18.0 Å². The molecule has 0 atom stereocenters. The predicted molar refractivity (Wildman–Crippen MR) is 128 cm³/mol. The van der Waals surface area contributed by atoms with Crippen molar-refractivity contribution < 1.29 is 32.2 Å². The van der Waals surface area contributed by atoms with Gasteiger partial charge in [0, 0.05) is 18.2 Å². The van der Waals surface area contributed by atoms with Crippen molar-refractivity contribution in [3.05, 3.63) is 89.5 Å². The fourth-order valence-electron chi connectivity index (χ4n) is 3.94. The molecule has 0 aromatic heterocycles. The summed E-state index contributed by atoms with van der Waals surface area (Å²) in [5.41, 5.74) is 2.67. The summed E-state index contributed by atoms with van der Waals surface area (Å²) < 4.78 is 43.1. The third kappa shape index (κ3) is 4.63. The Labute approximate surface area is 202 Å². The molecule has 2 aliphatic rings. The molecule has 0 saturated heterocycles. The van der Waals surface area contributed by atoms with Crippen LogP contribution in [-0.4, -0.2) is 40.1 Å². The SMILES string of the molecule is O=C(/C=C/c1ccc(S(=O)(=O)N2CCc3ccccc32)cc1)OCC(=O)c1ccc2c(c1)OCO2. The summed E-state index contributed by atoms with van der Waals surface area (Å²) in [5.74, 6) is -0.0282. The van der Waals surface area contributed by atoms with Crippen LogP contribution in [0.5, 0.6) is 11.5 Å². The molecule has 9 heteroatoms. The Balaban J connectivity index is 1.19. The summed E-state index contributed by atoms with van der Waals surface area (Å²) in [6, 6.07) is 18.4. The summed E-state index contributed by atoms with van der Waals surface area (Å²) in [6.45, 7) is 0.0866. The minimum absolute atomic E-state index is 0.103. The van der Waals surface area contributed by atoms with Gasteiger partial charge in [-0.2, -0.15) is 0 Å². The van der Waals surface area contributed by atoms with Crippen LogP contribution in [0.25, 0.3) is 6.08 Å². The van der Waals surface area contributed by atoms with Crippen molar-refractivity contribution in [2.24, 2.45) is 0 Å². The molecule has 3 aromatic rings. The molecule has 35 heavy (non-hydrogen) atoms. The second-order valence-electron chi connectivity index (χ2n) is 7.96. The monoisotopic (exact) mass is 491 g/mol. The van der Waals surface area contributed by atoms with Crippen LogP contribution >= 0.6 is 0 Å². The number of para-hydroxylation sites is 1. The van der Waals surface area contributed by atoms with Gasteiger partial charge in [-0.3, -0.25) is 9.10 Å². The van der Waals surface area contributed by atoms with Crippen LogP contribution < -0.4 is 13.8 Å². The molecule has 8 nitrogen and oxygen atoms in total. The largest absolute Gasteiger partial charge is 0.454 e. The maximum absolute atomic E-state index is 13.1. The third-order valence-corrected chi connectivity index (χ3v) is 7.59. The first-order valence-corrected chi connectivity index (χ1v) is 12.3. The van der Waals surface area contributed by atoms with Crippen molar-refractivity contribution in [2.75, 3.05) is 24.2 Å². The average molecular weight is 492 g/mol. The number of sulfonamides is 1. The number of hydrogen-bond acceptors (Lipinski definition) is 7. The van der Waals surface area contributed by atoms with Gasteiger partial charge in [-0.25, -0.2) is 13.2 Å². The molecule has 2 heterocycles. The van der Waals surface area contributed by atoms with Crippen LogP contribution in [0.3, 0.4) is 0 Å². The van der Waals surface area contributed by atoms with Crippen molar-refractivity contribution >= 4 is 33.5 Å². The van der Waals surface area contributed by atoms with Crippen LogP contribution in [0.15, 0.2) is 77.7 Å². The van der Waals surface area contributed by atoms with E-state index in [1.54, 1.807) is 36.4 Å². The molecule has 0 N–H and O–H groups in total. The molecule has 0 saturated carbocycles. The van der Waals surface area contributed by atoms with Crippen LogP contribution in [0, 0.1) is 0 Å². The zero-order valence-corrected chi connectivity index (χ0v) is 19.4. The fraction of sp³-hybridized carbons (Fsp3) is 0.154. The highest BCUT2D eigenvalue weighted by molar-refractivity contribution is 7.92. The van der Waals surface area contributed by atoms with E-state index in [4.69, 9.17) is 14.2 Å². The van der Waals surface area contributed by atoms with Gasteiger partial charge in [-0.15, -0.1) is 0 Å². The summed E-state index contributed by atoms with van der Waals surface area (Å²) in [5, 5.41) is 0. The molecule has 5 rings (SSSR count). The quantitative estimate of drug-likeness (QED) is 0.283. The predicted octanol–water partition coefficient (Wildman–Crippen LogP) is 3.61. The molecule has 2 aliphatic heterocycles. The van der Waals surface area contributed by atoms with E-state index in [2.05, 4.69) is 0 Å². The Morgan fingerprint density at radius 3 is 2.57 bits per heavy atom. The van der Waals surface area contributed by atoms with Crippen molar-refractivity contribution in [3.8, 4) is 11.5 Å². The number of anilines is 1. The Morgan fingerprint density at radius 1 is 0.971 bits per heavy atom. The lowest BCUT2D eigenvalue weighted by atomic mass is 10.1. The first kappa shape index (κ1) is 22.7. The Kier molecular flexibility index (Phi) is 6.00. The maximum atomic E-state index is 13.1. The molecule has 0 bridgehead atoms. The third-order valence-electron chi connectivity index (χ3n) is 5.76. The van der Waals surface area contributed by atoms with Gasteiger partial charge in [0.05, 0.1) is 10.6 Å². The van der Waals surface area contributed by atoms with Gasteiger partial charge >= 0.3 is 5.97 Å². The van der Waals surface area contributed by atoms with Gasteiger partial charge in [0.25, 0.3) is 10.0 Å². The molecule has 0 unspecified atom stereocenters. The molecule has 0 amide bonds. The summed E-state index contributed by atoms with van der Waals surface area (Å²) >= 11 is 0. The molecule has 0 aliphatic carbocycles. The zero-order valence-electron chi connectivity index (χ0n) is 18.5. The highest BCUT2D eigenvalue weighted by Crippen LogP contribution is 2.33. The van der Waals surface area contributed by atoms with Gasteiger partial charge in [-0.05, 0) is 60.0 Å². The van der Waals surface area contributed by atoms with Crippen LogP contribution in [0.4, 0.5) is 5.69 Å². The van der Waals surface area contributed by atoms with Crippen molar-refractivity contribution in [1.82, 2.24) is 0 Å². The molecule has 0 spiro atoms. The molecular weight excluding hydrogens is 470 g/mol. The maximum Gasteiger partial charge on any atom is 0.331 e. The average Bonchev–Trinajstić information content (AvgIpc) is 3.53. The number of rotatable bonds is 7. The van der Waals surface area contributed by atoms with Crippen molar-refractivity contribution in [2.45, 2.75) is 11.3 Å². The number of nitrogens with zero attached hydrogens (tertiary/aromatic N) is 1. The standard InChI is InChI=1S/C26H21NO7S/c28-23(20-8-11-24-25(15-20)34-17-33-24)16-32-26(29)12-7-18-5-9-21(10-6-18)35(30,31)27-14-13-19-3-1-2-4-22(19)27/h1-12,15H,13-14,16-17H2/b12-7+. The normalized spacial score (nSPS) is 14.2. The number of carbonyl (C=O) groups excluding carboxylic acids is 2. The number of ether oxygens (including phenoxy) is 3. The van der Waals surface area contributed by atoms with Crippen LogP contribution in [-0.2, 0) is 26.0 Å². The second-order valence-corrected chi connectivity index (χ2v) is 9.82. The van der Waals surface area contributed by atoms with Crippen molar-refractivity contribution in [3.63, 3.8) is 0 Å². The van der Waals surface area contributed by atoms with Gasteiger partial charge in [0.2, 0.25) is 6.79 Å². The highest BCUT2D eigenvalue weighted by atomic mass is 32.2. The minimum Gasteiger partial charge on any atom is -0.454 e. The Hall–Kier alpha value is -4.11. The molecule has 0 fully saturated rings. The topological polar surface area (TPSA) is 99.2 Å². The number of benzene rings is 3. The summed E-state index contributed by atoms with van der Waals surface area (Å²) in [4.78, 5) is 24.5. The lowest BCUT2D eigenvalue weighted by molar-refractivity contribution is -0.136. The second kappa shape index (κ2) is 9.27. The number of ketones is 1. The molecule has 178 valence electrons. The smallest absolute Gasteiger partial charge is 0.331 e. The van der Waals surface area contributed by atoms with Crippen LogP contribution in [0.1, 0.15) is 21.5 Å². The Bertz CT molecular complexity index is 1430. The molecule has 3 aromatic carbocycles. The summed E-state index contributed by atoms with van der Waals surface area (Å²) in [6.07, 6.45) is 3.36. The zero-order chi connectivity index (χ0) is 24.4. The van der Waals surface area contributed by atoms with E-state index >= 15 is 0 Å². The number of Topliss-reactive ketones (excluding diaryl/α,β-unsaturated/α-hetero) is 1. The fourth-order valence-corrected chi connectivity index (χ4v) is 5.44. The van der Waals surface area contributed by atoms with E-state index in [-0.39, 0.29) is 17.5 Å². The van der Waals surface area contributed by atoms with Gasteiger partial charge in [0.15, 0.2) is 23.9 Å². The number of carbonyl (C=O) groups is 2. The molecular formula is C26H21NO7S. The summed E-state index contributed by atoms with van der Waals surface area (Å²) in [7, 11) is -3.69. The van der Waals surface area contributed by atoms with Gasteiger partial charge in [0.1, 0.15) is 0 Å². The van der Waals surface area contributed by atoms with Crippen LogP contribution in [0.2, 0.25) is 0 Å². The minimum atomic E-state index is -3.69. The van der Waals surface area contributed by atoms with E-state index in [0.29, 0.717) is 41.3 Å². The number of esters is 1. The van der Waals surface area contributed by atoms with E-state index in [1.165, 1.54) is 28.6 Å². The lowest BCUT2D eigenvalue weighted by Gasteiger charge is -2.19. The highest BCUT2D eigenvalue weighted by Gasteiger charge is 2.30. The van der Waals surface area contributed by atoms with E-state index in [0.717, 1.165) is 5.56 Å². The van der Waals surface area contributed by atoms with E-state index in [1.807, 2.05) is 18.2 Å². The number of fused-ring (bicyclic) bond motifs is 2. The lowest BCUT2D eigenvalue weighted by Crippen LogP contribution is -2.29. The first-order chi connectivity index (χ1) is 16.9. The van der Waals surface area contributed by atoms with Crippen molar-refractivity contribution in [1.29, 1.82) is 0 Å².